The number of ether oxygens (including phenoxy) is 2. The van der Waals surface area contributed by atoms with Crippen LogP contribution in [0.5, 0.6) is 0 Å². The van der Waals surface area contributed by atoms with Crippen molar-refractivity contribution in [1.29, 1.82) is 0 Å². The number of nitrogens with two attached hydrogens (primary N) is 1. The van der Waals surface area contributed by atoms with Gasteiger partial charge in [-0.05, 0) is 37.3 Å². The maximum atomic E-state index is 13.2. The number of aryl methyl sites for hydroxylation is 1. The van der Waals surface area contributed by atoms with Crippen molar-refractivity contribution in [1.82, 2.24) is 14.0 Å². The average molecular weight is 577 g/mol. The van der Waals surface area contributed by atoms with Crippen LogP contribution in [-0.4, -0.2) is 74.5 Å². The Morgan fingerprint density at radius 3 is 2.38 bits per heavy atom. The molecule has 0 radical (unpaired) electrons. The summed E-state index contributed by atoms with van der Waals surface area (Å²) in [6, 6.07) is 0. The Morgan fingerprint density at radius 1 is 1.30 bits per heavy atom. The summed E-state index contributed by atoms with van der Waals surface area (Å²) < 4.78 is 52.0. The van der Waals surface area contributed by atoms with Crippen LogP contribution in [0.1, 0.15) is 32.6 Å². The molecule has 208 valence electrons. The molecule has 0 aromatic carbocycles. The molecule has 0 unspecified atom stereocenters. The van der Waals surface area contributed by atoms with Gasteiger partial charge in [0.1, 0.15) is 18.8 Å². The maximum absolute atomic E-state index is 13.2. The van der Waals surface area contributed by atoms with E-state index >= 15 is 0 Å². The molecule has 2 aliphatic heterocycles. The van der Waals surface area contributed by atoms with Crippen molar-refractivity contribution >= 4 is 35.8 Å². The minimum absolute atomic E-state index is 0.127. The van der Waals surface area contributed by atoms with E-state index in [4.69, 9.17) is 36.0 Å². The van der Waals surface area contributed by atoms with Gasteiger partial charge in [0, 0.05) is 32.9 Å². The molecule has 3 rings (SSSR count). The third-order valence-corrected chi connectivity index (χ3v) is 13.1. The van der Waals surface area contributed by atoms with E-state index in [1.54, 1.807) is 25.9 Å². The lowest BCUT2D eigenvalue weighted by atomic mass is 9.89. The molecule has 1 aromatic rings. The summed E-state index contributed by atoms with van der Waals surface area (Å²) in [6.45, 7) is 11.3. The third-order valence-electron chi connectivity index (χ3n) is 7.15. The summed E-state index contributed by atoms with van der Waals surface area (Å²) >= 11 is 5.23. The fourth-order valence-electron chi connectivity index (χ4n) is 4.02. The second-order valence-corrected chi connectivity index (χ2v) is 17.6. The summed E-state index contributed by atoms with van der Waals surface area (Å²) in [5, 5.41) is 0.648. The quantitative estimate of drug-likeness (QED) is 0.303. The van der Waals surface area contributed by atoms with Crippen LogP contribution in [0.25, 0.3) is 0 Å². The molecule has 15 heteroatoms. The standard InChI is InChI=1S/C22H36N4O8S2Si/c1-13-10-26(19(28)25(7)17(13)27)18-16(33-37(8,9)21(2,3)4)22(14(23)12-36(29,30)34-22)15(32-18)11-31-20(35)24(5)6/h10,12,15-16,18H,11,23H2,1-9H3/t15-,16+,18-,22-/m1/s1. The van der Waals surface area contributed by atoms with Gasteiger partial charge in [0.15, 0.2) is 20.1 Å². The number of hydrogen-bond acceptors (Lipinski definition) is 10. The highest BCUT2D eigenvalue weighted by Gasteiger charge is 2.67. The summed E-state index contributed by atoms with van der Waals surface area (Å²) in [6.07, 6.45) is -2.16. The number of rotatable bonds is 5. The zero-order valence-electron chi connectivity index (χ0n) is 22.6. The molecule has 0 aliphatic carbocycles. The van der Waals surface area contributed by atoms with E-state index in [-0.39, 0.29) is 28.1 Å². The fourth-order valence-corrected chi connectivity index (χ4v) is 6.59. The van der Waals surface area contributed by atoms with Gasteiger partial charge in [0.05, 0.1) is 11.1 Å². The molecule has 12 nitrogen and oxygen atoms in total. The molecular formula is C22H36N4O8S2Si. The molecule has 2 aliphatic rings. The molecule has 1 aromatic heterocycles. The molecule has 3 heterocycles. The van der Waals surface area contributed by atoms with E-state index in [9.17, 15) is 18.0 Å². The molecule has 0 saturated carbocycles. The highest BCUT2D eigenvalue weighted by atomic mass is 32.2. The van der Waals surface area contributed by atoms with Gasteiger partial charge in [-0.3, -0.25) is 13.9 Å². The van der Waals surface area contributed by atoms with Crippen LogP contribution < -0.4 is 17.0 Å². The van der Waals surface area contributed by atoms with E-state index in [0.717, 1.165) is 9.98 Å². The molecule has 1 fully saturated rings. The highest BCUT2D eigenvalue weighted by Crippen LogP contribution is 2.51. The van der Waals surface area contributed by atoms with Crippen molar-refractivity contribution in [3.05, 3.63) is 43.7 Å². The van der Waals surface area contributed by atoms with Gasteiger partial charge >= 0.3 is 5.69 Å². The first-order valence-corrected chi connectivity index (χ1v) is 16.4. The number of hydrogen-bond donors (Lipinski definition) is 1. The monoisotopic (exact) mass is 576 g/mol. The summed E-state index contributed by atoms with van der Waals surface area (Å²) in [5.41, 5.74) is 3.51. The highest BCUT2D eigenvalue weighted by molar-refractivity contribution is 7.90. The zero-order chi connectivity index (χ0) is 28.3. The average Bonchev–Trinajstić information content (AvgIpc) is 3.18. The lowest BCUT2D eigenvalue weighted by molar-refractivity contribution is -0.0577. The Labute approximate surface area is 223 Å². The smallest absolute Gasteiger partial charge is 0.332 e. The normalized spacial score (nSPS) is 27.4. The predicted molar refractivity (Wildman–Crippen MR) is 144 cm³/mol. The SMILES string of the molecule is Cc1cn([C@@H]2O[C@H](COC(=S)N(C)C)[C@@]3(OS(=O)(=O)C=C3N)[C@H]2O[Si](C)(C)C(C)(C)C)c(=O)n(C)c1=O. The Morgan fingerprint density at radius 2 is 1.89 bits per heavy atom. The Hall–Kier alpha value is -2.04. The summed E-state index contributed by atoms with van der Waals surface area (Å²) in [5.74, 6) is 0. The summed E-state index contributed by atoms with van der Waals surface area (Å²) in [4.78, 5) is 27.2. The first-order chi connectivity index (χ1) is 16.7. The third kappa shape index (κ3) is 5.16. The van der Waals surface area contributed by atoms with Gasteiger partial charge < -0.3 is 24.5 Å². The fraction of sp³-hybridized carbons (Fsp3) is 0.682. The maximum Gasteiger partial charge on any atom is 0.332 e. The van der Waals surface area contributed by atoms with Crippen molar-refractivity contribution in [3.63, 3.8) is 0 Å². The van der Waals surface area contributed by atoms with E-state index in [0.29, 0.717) is 0 Å². The number of thiocarbonyl (C=S) groups is 1. The zero-order valence-corrected chi connectivity index (χ0v) is 25.2. The van der Waals surface area contributed by atoms with Gasteiger partial charge in [-0.1, -0.05) is 20.8 Å². The Bertz CT molecular complexity index is 1350. The molecule has 2 N–H and O–H groups in total. The molecule has 1 saturated heterocycles. The molecule has 4 atom stereocenters. The lowest BCUT2D eigenvalue weighted by Crippen LogP contribution is -2.59. The second-order valence-electron chi connectivity index (χ2n) is 11.1. The van der Waals surface area contributed by atoms with Crippen LogP contribution in [0, 0.1) is 6.92 Å². The first kappa shape index (κ1) is 29.5. The van der Waals surface area contributed by atoms with Gasteiger partial charge in [-0.15, -0.1) is 0 Å². The minimum atomic E-state index is -4.21. The molecule has 0 amide bonds. The van der Waals surface area contributed by atoms with Gasteiger partial charge in [0.25, 0.3) is 20.9 Å². The molecule has 37 heavy (non-hydrogen) atoms. The topological polar surface area (TPSA) is 144 Å². The van der Waals surface area contributed by atoms with Gasteiger partial charge in [-0.25, -0.2) is 8.98 Å². The second kappa shape index (κ2) is 9.61. The molecule has 1 spiro atoms. The van der Waals surface area contributed by atoms with E-state index < -0.39 is 53.7 Å². The van der Waals surface area contributed by atoms with Crippen LogP contribution >= 0.6 is 12.2 Å². The van der Waals surface area contributed by atoms with Crippen LogP contribution in [0.4, 0.5) is 0 Å². The lowest BCUT2D eigenvalue weighted by Gasteiger charge is -2.43. The van der Waals surface area contributed by atoms with E-state index in [1.807, 2.05) is 33.9 Å². The van der Waals surface area contributed by atoms with Crippen LogP contribution in [-0.2, 0) is 35.2 Å². The van der Waals surface area contributed by atoms with Crippen molar-refractivity contribution in [3.8, 4) is 0 Å². The van der Waals surface area contributed by atoms with Gasteiger partial charge in [0.2, 0.25) is 0 Å². The predicted octanol–water partition coefficient (Wildman–Crippen LogP) is 0.905. The van der Waals surface area contributed by atoms with E-state index in [2.05, 4.69) is 0 Å². The molecular weight excluding hydrogens is 540 g/mol. The minimum Gasteiger partial charge on any atom is -0.468 e. The largest absolute Gasteiger partial charge is 0.468 e. The van der Waals surface area contributed by atoms with Crippen molar-refractivity contribution in [2.45, 2.75) is 69.9 Å². The number of nitrogens with zero attached hydrogens (tertiary/aromatic N) is 3. The van der Waals surface area contributed by atoms with Crippen LogP contribution in [0.2, 0.25) is 18.1 Å². The number of aromatic nitrogens is 2. The Balaban J connectivity index is 2.26. The van der Waals surface area contributed by atoms with Crippen molar-refractivity contribution in [2.75, 3.05) is 20.7 Å². The van der Waals surface area contributed by atoms with E-state index in [1.165, 1.54) is 17.8 Å². The van der Waals surface area contributed by atoms with Gasteiger partial charge in [-0.2, -0.15) is 8.42 Å². The van der Waals surface area contributed by atoms with Crippen molar-refractivity contribution in [2.24, 2.45) is 12.8 Å². The van der Waals surface area contributed by atoms with Crippen molar-refractivity contribution < 1.29 is 26.5 Å². The first-order valence-electron chi connectivity index (χ1n) is 11.6. The molecule has 0 bridgehead atoms. The van der Waals surface area contributed by atoms with Crippen LogP contribution in [0.15, 0.2) is 26.9 Å². The Kier molecular flexibility index (Phi) is 7.66. The van der Waals surface area contributed by atoms with Crippen LogP contribution in [0.3, 0.4) is 0 Å². The summed E-state index contributed by atoms with van der Waals surface area (Å²) in [7, 11) is -2.13.